The van der Waals surface area contributed by atoms with Gasteiger partial charge in [0.1, 0.15) is 10.8 Å². The Morgan fingerprint density at radius 1 is 1.50 bits per heavy atom. The normalized spacial score (nSPS) is 27.3. The molecule has 0 spiro atoms. The zero-order valence-electron chi connectivity index (χ0n) is 11.0. The van der Waals surface area contributed by atoms with Gasteiger partial charge in [0.25, 0.3) is 0 Å². The van der Waals surface area contributed by atoms with Crippen molar-refractivity contribution in [2.24, 2.45) is 5.92 Å². The minimum Gasteiger partial charge on any atom is -0.598 e. The highest BCUT2D eigenvalue weighted by atomic mass is 32.2. The molecule has 1 fully saturated rings. The van der Waals surface area contributed by atoms with Crippen LogP contribution in [0.25, 0.3) is 0 Å². The first-order chi connectivity index (χ1) is 8.15. The predicted octanol–water partition coefficient (Wildman–Crippen LogP) is 2.76. The Balaban J connectivity index is 2.64. The van der Waals surface area contributed by atoms with E-state index in [1.54, 1.807) is 20.8 Å². The van der Waals surface area contributed by atoms with Crippen LogP contribution in [-0.2, 0) is 11.4 Å². The topological polar surface area (TPSA) is 58.9 Å². The van der Waals surface area contributed by atoms with Crippen LogP contribution in [0.3, 0.4) is 0 Å². The Bertz CT molecular complexity index is 325. The molecule has 18 heavy (non-hydrogen) atoms. The van der Waals surface area contributed by atoms with Gasteiger partial charge in [0.05, 0.1) is 6.07 Å². The molecule has 1 aliphatic rings. The van der Waals surface area contributed by atoms with Crippen molar-refractivity contribution in [1.29, 1.82) is 5.26 Å². The smallest absolute Gasteiger partial charge is 0.248 e. The van der Waals surface area contributed by atoms with E-state index in [0.717, 1.165) is 0 Å². The summed E-state index contributed by atoms with van der Waals surface area (Å²) in [6, 6.07) is 1.21. The Morgan fingerprint density at radius 2 is 2.11 bits per heavy atom. The molecule has 6 heteroatoms. The fourth-order valence-corrected chi connectivity index (χ4v) is 2.84. The summed E-state index contributed by atoms with van der Waals surface area (Å²) in [7, 11) is 0. The first-order valence-electron chi connectivity index (χ1n) is 6.11. The van der Waals surface area contributed by atoms with E-state index in [-0.39, 0.29) is 12.8 Å². The maximum Gasteiger partial charge on any atom is 0.248 e. The van der Waals surface area contributed by atoms with E-state index in [0.29, 0.717) is 12.8 Å². The van der Waals surface area contributed by atoms with E-state index in [2.05, 4.69) is 4.72 Å². The Kier molecular flexibility index (Phi) is 4.98. The van der Waals surface area contributed by atoms with Crippen LogP contribution in [0.1, 0.15) is 46.5 Å². The Labute approximate surface area is 110 Å². The number of alkyl halides is 2. The molecular formula is C12H20F2N2OS. The fraction of sp³-hybridized carbons (Fsp3) is 0.917. The highest BCUT2D eigenvalue weighted by Gasteiger charge is 2.41. The summed E-state index contributed by atoms with van der Waals surface area (Å²) in [5.74, 6) is -3.12. The molecule has 0 amide bonds. The predicted molar refractivity (Wildman–Crippen MR) is 67.3 cm³/mol. The van der Waals surface area contributed by atoms with Gasteiger partial charge in [-0.2, -0.15) is 5.26 Å². The fourth-order valence-electron chi connectivity index (χ4n) is 2.02. The Hall–Kier alpha value is -0.380. The molecule has 3 atom stereocenters. The van der Waals surface area contributed by atoms with E-state index >= 15 is 0 Å². The molecule has 0 unspecified atom stereocenters. The van der Waals surface area contributed by atoms with Crippen molar-refractivity contribution in [3.63, 3.8) is 0 Å². The quantitative estimate of drug-likeness (QED) is 0.808. The second-order valence-corrected chi connectivity index (χ2v) is 7.82. The van der Waals surface area contributed by atoms with Gasteiger partial charge in [0, 0.05) is 24.2 Å². The van der Waals surface area contributed by atoms with Gasteiger partial charge < -0.3 is 4.55 Å². The largest absolute Gasteiger partial charge is 0.598 e. The van der Waals surface area contributed by atoms with Crippen molar-refractivity contribution >= 4 is 11.4 Å². The molecule has 0 bridgehead atoms. The molecule has 1 aliphatic carbocycles. The number of nitrogens with zero attached hydrogens (tertiary/aromatic N) is 1. The molecule has 3 nitrogen and oxygen atoms in total. The molecule has 0 aliphatic heterocycles. The van der Waals surface area contributed by atoms with Gasteiger partial charge in [0.15, 0.2) is 0 Å². The first-order valence-corrected chi connectivity index (χ1v) is 7.26. The summed E-state index contributed by atoms with van der Waals surface area (Å²) in [5, 5.41) is 9.07. The van der Waals surface area contributed by atoms with E-state index in [4.69, 9.17) is 5.26 Å². The molecule has 0 heterocycles. The summed E-state index contributed by atoms with van der Waals surface area (Å²) in [4.78, 5) is 0. The molecule has 104 valence electrons. The van der Waals surface area contributed by atoms with Crippen LogP contribution in [0.2, 0.25) is 0 Å². The average Bonchev–Trinajstić information content (AvgIpc) is 2.22. The lowest BCUT2D eigenvalue weighted by atomic mass is 9.82. The van der Waals surface area contributed by atoms with Crippen LogP contribution in [0.15, 0.2) is 0 Å². The van der Waals surface area contributed by atoms with Gasteiger partial charge in [-0.1, -0.05) is 0 Å². The van der Waals surface area contributed by atoms with Gasteiger partial charge >= 0.3 is 0 Å². The van der Waals surface area contributed by atoms with Gasteiger partial charge in [-0.05, 0) is 39.5 Å². The van der Waals surface area contributed by atoms with Crippen molar-refractivity contribution in [3.8, 4) is 6.07 Å². The second kappa shape index (κ2) is 5.72. The standard InChI is InChI=1S/C12H20F2N2OS/c1-11(2,3)18(17)16-10(8-15)9-5-4-6-12(13,14)7-9/h9-10,16H,4-7H2,1-3H3/t9-,10+,18-/m0/s1. The molecule has 0 aromatic carbocycles. The molecule has 0 saturated heterocycles. The third-order valence-electron chi connectivity index (χ3n) is 3.08. The van der Waals surface area contributed by atoms with E-state index < -0.39 is 34.0 Å². The van der Waals surface area contributed by atoms with E-state index in [1.807, 2.05) is 6.07 Å². The minimum absolute atomic E-state index is 0.107. The van der Waals surface area contributed by atoms with Gasteiger partial charge in [-0.25, -0.2) is 8.78 Å². The minimum atomic E-state index is -2.69. The first kappa shape index (κ1) is 15.7. The number of nitriles is 1. The summed E-state index contributed by atoms with van der Waals surface area (Å²) < 4.78 is 40.7. The van der Waals surface area contributed by atoms with Crippen LogP contribution in [0, 0.1) is 17.2 Å². The average molecular weight is 278 g/mol. The highest BCUT2D eigenvalue weighted by molar-refractivity contribution is 7.90. The number of halogens is 2. The molecule has 1 saturated carbocycles. The van der Waals surface area contributed by atoms with Crippen LogP contribution in [0.4, 0.5) is 8.78 Å². The molecule has 0 aromatic rings. The van der Waals surface area contributed by atoms with Crippen LogP contribution in [0.5, 0.6) is 0 Å². The van der Waals surface area contributed by atoms with Crippen molar-refractivity contribution in [1.82, 2.24) is 4.72 Å². The van der Waals surface area contributed by atoms with Crippen molar-refractivity contribution in [3.05, 3.63) is 0 Å². The van der Waals surface area contributed by atoms with Crippen LogP contribution >= 0.6 is 0 Å². The summed E-state index contributed by atoms with van der Waals surface area (Å²) in [6.07, 6.45) is 0.603. The van der Waals surface area contributed by atoms with Crippen LogP contribution in [-0.4, -0.2) is 21.3 Å². The van der Waals surface area contributed by atoms with Gasteiger partial charge in [-0.15, -0.1) is 4.72 Å². The molecule has 1 rings (SSSR count). The summed E-state index contributed by atoms with van der Waals surface area (Å²) >= 11 is -1.41. The number of hydrogen-bond acceptors (Lipinski definition) is 3. The molecule has 0 radical (unpaired) electrons. The zero-order valence-corrected chi connectivity index (χ0v) is 11.8. The zero-order chi connectivity index (χ0) is 14.0. The van der Waals surface area contributed by atoms with Crippen molar-refractivity contribution < 1.29 is 13.3 Å². The van der Waals surface area contributed by atoms with E-state index in [1.165, 1.54) is 0 Å². The third kappa shape index (κ3) is 4.38. The number of rotatable bonds is 3. The maximum atomic E-state index is 13.3. The van der Waals surface area contributed by atoms with E-state index in [9.17, 15) is 13.3 Å². The Morgan fingerprint density at radius 3 is 2.56 bits per heavy atom. The van der Waals surface area contributed by atoms with Crippen LogP contribution < -0.4 is 4.72 Å². The summed E-state index contributed by atoms with van der Waals surface area (Å²) in [6.45, 7) is 5.33. The SMILES string of the molecule is CC(C)(C)[S@+]([O-])N[C@H](C#N)[C@H]1CCCC(F)(F)C1. The number of nitrogens with one attached hydrogen (secondary N) is 1. The van der Waals surface area contributed by atoms with Gasteiger partial charge in [-0.3, -0.25) is 0 Å². The molecular weight excluding hydrogens is 258 g/mol. The lowest BCUT2D eigenvalue weighted by molar-refractivity contribution is -0.0544. The van der Waals surface area contributed by atoms with Crippen molar-refractivity contribution in [2.45, 2.75) is 63.2 Å². The monoisotopic (exact) mass is 278 g/mol. The third-order valence-corrected chi connectivity index (χ3v) is 4.66. The van der Waals surface area contributed by atoms with Gasteiger partial charge in [0.2, 0.25) is 5.92 Å². The summed E-state index contributed by atoms with van der Waals surface area (Å²) in [5.41, 5.74) is 0. The second-order valence-electron chi connectivity index (χ2n) is 5.82. The molecule has 1 N–H and O–H groups in total. The lowest BCUT2D eigenvalue weighted by Crippen LogP contribution is -2.48. The molecule has 0 aromatic heterocycles. The maximum absolute atomic E-state index is 13.3. The van der Waals surface area contributed by atoms with Crippen molar-refractivity contribution in [2.75, 3.05) is 0 Å². The highest BCUT2D eigenvalue weighted by Crippen LogP contribution is 2.38. The number of hydrogen-bond donors (Lipinski definition) is 1. The lowest BCUT2D eigenvalue weighted by Gasteiger charge is -2.33.